The molecule has 2 nitrogen and oxygen atoms in total. The fraction of sp³-hybridized carbons (Fsp3) is 0.556. The van der Waals surface area contributed by atoms with E-state index in [4.69, 9.17) is 9.84 Å². The van der Waals surface area contributed by atoms with Crippen LogP contribution >= 0.6 is 0 Å². The number of aliphatic hydroxyl groups is 1. The maximum atomic E-state index is 8.87. The predicted octanol–water partition coefficient (Wildman–Crippen LogP) is 3.69. The molecule has 2 heteroatoms. The van der Waals surface area contributed by atoms with Gasteiger partial charge in [-0.05, 0) is 56.2 Å². The fourth-order valence-corrected chi connectivity index (χ4v) is 2.94. The Morgan fingerprint density at radius 2 is 2.10 bits per heavy atom. The smallest absolute Gasteiger partial charge is 0.135 e. The first kappa shape index (κ1) is 14.9. The van der Waals surface area contributed by atoms with Crippen molar-refractivity contribution in [3.63, 3.8) is 0 Å². The molecule has 1 aromatic rings. The molecular weight excluding hydrogens is 248 g/mol. The zero-order chi connectivity index (χ0) is 14.4. The molecule has 0 saturated heterocycles. The molecule has 2 unspecified atom stereocenters. The summed E-state index contributed by atoms with van der Waals surface area (Å²) in [6.07, 6.45) is 6.47. The van der Waals surface area contributed by atoms with Crippen LogP contribution in [0.4, 0.5) is 0 Å². The lowest BCUT2D eigenvalue weighted by Crippen LogP contribution is -2.30. The van der Waals surface area contributed by atoms with Crippen LogP contribution in [0.15, 0.2) is 18.2 Å². The van der Waals surface area contributed by atoms with Crippen molar-refractivity contribution in [1.29, 1.82) is 0 Å². The van der Waals surface area contributed by atoms with Crippen molar-refractivity contribution in [2.75, 3.05) is 6.61 Å². The van der Waals surface area contributed by atoms with Gasteiger partial charge < -0.3 is 9.84 Å². The minimum absolute atomic E-state index is 0.117. The molecule has 0 amide bonds. The van der Waals surface area contributed by atoms with Crippen molar-refractivity contribution in [1.82, 2.24) is 0 Å². The van der Waals surface area contributed by atoms with Crippen molar-refractivity contribution in [2.24, 2.45) is 5.92 Å². The highest BCUT2D eigenvalue weighted by atomic mass is 16.5. The highest BCUT2D eigenvalue weighted by Gasteiger charge is 2.25. The molecule has 0 aliphatic heterocycles. The Morgan fingerprint density at radius 3 is 2.85 bits per heavy atom. The zero-order valence-electron chi connectivity index (χ0n) is 12.5. The third kappa shape index (κ3) is 3.77. The summed E-state index contributed by atoms with van der Waals surface area (Å²) in [5, 5.41) is 8.87. The van der Waals surface area contributed by atoms with Gasteiger partial charge in [0.25, 0.3) is 0 Å². The lowest BCUT2D eigenvalue weighted by Gasteiger charge is -2.31. The molecule has 2 rings (SSSR count). The van der Waals surface area contributed by atoms with Crippen molar-refractivity contribution in [3.05, 3.63) is 29.3 Å². The first-order valence-corrected chi connectivity index (χ1v) is 7.61. The molecule has 1 aliphatic rings. The molecule has 0 heterocycles. The Bertz CT molecular complexity index is 496. The van der Waals surface area contributed by atoms with Crippen LogP contribution in [-0.4, -0.2) is 17.8 Å². The second-order valence-corrected chi connectivity index (χ2v) is 5.57. The van der Waals surface area contributed by atoms with E-state index in [0.29, 0.717) is 12.0 Å². The van der Waals surface area contributed by atoms with Gasteiger partial charge in [-0.25, -0.2) is 0 Å². The Morgan fingerprint density at radius 1 is 1.30 bits per heavy atom. The van der Waals surface area contributed by atoms with E-state index < -0.39 is 0 Å². The van der Waals surface area contributed by atoms with E-state index in [9.17, 15) is 0 Å². The van der Waals surface area contributed by atoms with E-state index in [0.717, 1.165) is 23.3 Å². The summed E-state index contributed by atoms with van der Waals surface area (Å²) < 4.78 is 6.26. The van der Waals surface area contributed by atoms with E-state index in [2.05, 4.69) is 24.8 Å². The van der Waals surface area contributed by atoms with E-state index >= 15 is 0 Å². The highest BCUT2D eigenvalue weighted by Crippen LogP contribution is 2.31. The molecule has 0 bridgehead atoms. The maximum absolute atomic E-state index is 8.87. The normalized spacial score (nSPS) is 21.9. The average Bonchev–Trinajstić information content (AvgIpc) is 2.48. The van der Waals surface area contributed by atoms with Crippen molar-refractivity contribution >= 4 is 0 Å². The zero-order valence-corrected chi connectivity index (χ0v) is 12.5. The molecule has 1 aliphatic carbocycles. The largest absolute Gasteiger partial charge is 0.489 e. The lowest BCUT2D eigenvalue weighted by atomic mass is 9.84. The van der Waals surface area contributed by atoms with Crippen LogP contribution in [0.5, 0.6) is 5.75 Å². The molecule has 2 atom stereocenters. The van der Waals surface area contributed by atoms with Crippen LogP contribution in [0.2, 0.25) is 0 Å². The van der Waals surface area contributed by atoms with Crippen molar-refractivity contribution in [2.45, 2.75) is 52.1 Å². The van der Waals surface area contributed by atoms with Gasteiger partial charge in [0.05, 0.1) is 5.56 Å². The maximum Gasteiger partial charge on any atom is 0.135 e. The number of hydrogen-bond acceptors (Lipinski definition) is 2. The minimum atomic E-state index is -0.117. The lowest BCUT2D eigenvalue weighted by molar-refractivity contribution is 0.0901. The Balaban J connectivity index is 2.19. The van der Waals surface area contributed by atoms with Crippen LogP contribution in [0, 0.1) is 24.7 Å². The van der Waals surface area contributed by atoms with E-state index in [1.165, 1.54) is 25.7 Å². The quantitative estimate of drug-likeness (QED) is 0.850. The topological polar surface area (TPSA) is 29.5 Å². The van der Waals surface area contributed by atoms with Crippen LogP contribution in [0.1, 0.15) is 50.2 Å². The third-order valence-corrected chi connectivity index (χ3v) is 4.08. The molecule has 108 valence electrons. The van der Waals surface area contributed by atoms with Crippen molar-refractivity contribution < 1.29 is 9.84 Å². The molecule has 1 saturated carbocycles. The summed E-state index contributed by atoms with van der Waals surface area (Å²) in [5.41, 5.74) is 2.05. The number of aliphatic hydroxyl groups excluding tert-OH is 1. The first-order valence-electron chi connectivity index (χ1n) is 7.61. The molecule has 1 N–H and O–H groups in total. The monoisotopic (exact) mass is 272 g/mol. The predicted molar refractivity (Wildman–Crippen MR) is 81.8 cm³/mol. The van der Waals surface area contributed by atoms with Gasteiger partial charge in [-0.2, -0.15) is 0 Å². The molecule has 20 heavy (non-hydrogen) atoms. The molecular formula is C18H24O2. The van der Waals surface area contributed by atoms with Gasteiger partial charge in [-0.15, -0.1) is 0 Å². The molecule has 0 radical (unpaired) electrons. The van der Waals surface area contributed by atoms with Gasteiger partial charge in [0, 0.05) is 0 Å². The van der Waals surface area contributed by atoms with Gasteiger partial charge in [0.15, 0.2) is 0 Å². The van der Waals surface area contributed by atoms with Crippen LogP contribution in [0.3, 0.4) is 0 Å². The molecule has 1 aromatic carbocycles. The number of ether oxygens (including phenoxy) is 1. The van der Waals surface area contributed by atoms with Gasteiger partial charge in [0.2, 0.25) is 0 Å². The number of benzene rings is 1. The summed E-state index contributed by atoms with van der Waals surface area (Å²) in [5.74, 6) is 7.24. The van der Waals surface area contributed by atoms with Gasteiger partial charge >= 0.3 is 0 Å². The third-order valence-electron chi connectivity index (χ3n) is 4.08. The highest BCUT2D eigenvalue weighted by molar-refractivity contribution is 5.48. The van der Waals surface area contributed by atoms with Crippen LogP contribution in [-0.2, 0) is 0 Å². The molecule has 1 fully saturated rings. The van der Waals surface area contributed by atoms with Gasteiger partial charge in [-0.1, -0.05) is 31.3 Å². The van der Waals surface area contributed by atoms with E-state index in [1.807, 2.05) is 19.1 Å². The fourth-order valence-electron chi connectivity index (χ4n) is 2.94. The standard InChI is InChI=1S/C18H24O2/c1-3-15-7-4-5-9-17(15)20-18-11-10-14(2)13-16(18)8-6-12-19/h10-11,13,15,17,19H,3-5,7,9,12H2,1-2H3. The van der Waals surface area contributed by atoms with Crippen LogP contribution in [0.25, 0.3) is 0 Å². The summed E-state index contributed by atoms with van der Waals surface area (Å²) in [4.78, 5) is 0. The summed E-state index contributed by atoms with van der Waals surface area (Å²) in [6, 6.07) is 6.10. The number of rotatable bonds is 3. The van der Waals surface area contributed by atoms with E-state index in [1.54, 1.807) is 0 Å². The summed E-state index contributed by atoms with van der Waals surface area (Å²) >= 11 is 0. The number of hydrogen-bond donors (Lipinski definition) is 1. The Kier molecular flexibility index (Phi) is 5.49. The van der Waals surface area contributed by atoms with Crippen LogP contribution < -0.4 is 4.74 Å². The first-order chi connectivity index (χ1) is 9.74. The van der Waals surface area contributed by atoms with Gasteiger partial charge in [0.1, 0.15) is 18.5 Å². The Hall–Kier alpha value is -1.46. The SMILES string of the molecule is CCC1CCCCC1Oc1ccc(C)cc1C#CCO. The second kappa shape index (κ2) is 7.36. The van der Waals surface area contributed by atoms with E-state index in [-0.39, 0.29) is 6.61 Å². The van der Waals surface area contributed by atoms with Crippen molar-refractivity contribution in [3.8, 4) is 17.6 Å². The average molecular weight is 272 g/mol. The molecule has 0 aromatic heterocycles. The van der Waals surface area contributed by atoms with Gasteiger partial charge in [-0.3, -0.25) is 0 Å². The second-order valence-electron chi connectivity index (χ2n) is 5.57. The summed E-state index contributed by atoms with van der Waals surface area (Å²) in [6.45, 7) is 4.17. The Labute approximate surface area is 122 Å². The number of aryl methyl sites for hydroxylation is 1. The summed E-state index contributed by atoms with van der Waals surface area (Å²) in [7, 11) is 0. The minimum Gasteiger partial charge on any atom is -0.489 e. The molecule has 0 spiro atoms.